The molecule has 2 aromatic rings. The van der Waals surface area contributed by atoms with Crippen LogP contribution in [0.4, 0.5) is 13.2 Å². The Balaban J connectivity index is 1.83. The lowest BCUT2D eigenvalue weighted by Gasteiger charge is -2.05. The van der Waals surface area contributed by atoms with Crippen LogP contribution in [0.25, 0.3) is 0 Å². The van der Waals surface area contributed by atoms with Crippen LogP contribution in [-0.4, -0.2) is 16.3 Å². The second-order valence-electron chi connectivity index (χ2n) is 4.32. The number of nitrogens with one attached hydrogen (secondary N) is 1. The first-order valence-corrected chi connectivity index (χ1v) is 5.88. The number of rotatable bonds is 5. The fourth-order valence-electron chi connectivity index (χ4n) is 1.78. The molecule has 0 aliphatic carbocycles. The largest absolute Gasteiger partial charge is 0.312 e. The molecule has 6 heteroatoms. The molecule has 0 unspecified atom stereocenters. The summed E-state index contributed by atoms with van der Waals surface area (Å²) in [6, 6.07) is 1.99. The van der Waals surface area contributed by atoms with E-state index >= 15 is 0 Å². The van der Waals surface area contributed by atoms with Crippen molar-refractivity contribution in [2.45, 2.75) is 13.0 Å². The second kappa shape index (κ2) is 5.88. The molecular formula is C13H14F3N3. The van der Waals surface area contributed by atoms with Crippen molar-refractivity contribution in [2.75, 3.05) is 6.54 Å². The summed E-state index contributed by atoms with van der Waals surface area (Å²) in [5, 5.41) is 7.07. The zero-order chi connectivity index (χ0) is 13.8. The molecule has 0 aliphatic heterocycles. The third kappa shape index (κ3) is 3.57. The van der Waals surface area contributed by atoms with Crippen LogP contribution in [0.1, 0.15) is 11.1 Å². The molecule has 1 heterocycles. The third-order valence-electron chi connectivity index (χ3n) is 2.72. The molecule has 2 rings (SSSR count). The molecule has 102 valence electrons. The predicted octanol–water partition coefficient (Wildman–Crippen LogP) is 2.17. The Labute approximate surface area is 109 Å². The normalized spacial score (nSPS) is 10.9. The molecule has 1 aromatic heterocycles. The minimum absolute atomic E-state index is 0.286. The van der Waals surface area contributed by atoms with Gasteiger partial charge in [-0.2, -0.15) is 5.10 Å². The van der Waals surface area contributed by atoms with E-state index in [1.165, 1.54) is 0 Å². The van der Waals surface area contributed by atoms with Crippen LogP contribution in [0.15, 0.2) is 24.5 Å². The maximum atomic E-state index is 13.0. The molecule has 0 amide bonds. The summed E-state index contributed by atoms with van der Waals surface area (Å²) in [6.07, 6.45) is 4.43. The van der Waals surface area contributed by atoms with Gasteiger partial charge in [-0.1, -0.05) is 0 Å². The Morgan fingerprint density at radius 2 is 1.84 bits per heavy atom. The van der Waals surface area contributed by atoms with E-state index in [0.717, 1.165) is 24.1 Å². The van der Waals surface area contributed by atoms with Gasteiger partial charge in [-0.05, 0) is 36.2 Å². The average Bonchev–Trinajstić information content (AvgIpc) is 2.77. The lowest BCUT2D eigenvalue weighted by atomic mass is 10.2. The Morgan fingerprint density at radius 3 is 2.42 bits per heavy atom. The van der Waals surface area contributed by atoms with Crippen molar-refractivity contribution in [2.24, 2.45) is 7.05 Å². The Kier molecular flexibility index (Phi) is 4.21. The molecule has 0 bridgehead atoms. The molecule has 0 saturated carbocycles. The van der Waals surface area contributed by atoms with E-state index < -0.39 is 17.5 Å². The summed E-state index contributed by atoms with van der Waals surface area (Å²) in [5.74, 6) is -3.76. The van der Waals surface area contributed by atoms with Gasteiger partial charge in [0.1, 0.15) is 0 Å². The van der Waals surface area contributed by atoms with Crippen LogP contribution in [-0.2, 0) is 20.0 Å². The number of aryl methyl sites for hydroxylation is 1. The highest BCUT2D eigenvalue weighted by atomic mass is 19.2. The van der Waals surface area contributed by atoms with E-state index in [1.807, 2.05) is 13.2 Å². The fourth-order valence-corrected chi connectivity index (χ4v) is 1.78. The zero-order valence-corrected chi connectivity index (χ0v) is 10.5. The van der Waals surface area contributed by atoms with E-state index in [0.29, 0.717) is 12.1 Å². The molecule has 0 atom stereocenters. The highest BCUT2D eigenvalue weighted by Crippen LogP contribution is 2.13. The summed E-state index contributed by atoms with van der Waals surface area (Å²) in [7, 11) is 1.83. The van der Waals surface area contributed by atoms with Crippen molar-refractivity contribution in [3.8, 4) is 0 Å². The first-order chi connectivity index (χ1) is 9.06. The number of nitrogens with zero attached hydrogens (tertiary/aromatic N) is 2. The van der Waals surface area contributed by atoms with Gasteiger partial charge in [-0.3, -0.25) is 4.68 Å². The smallest absolute Gasteiger partial charge is 0.194 e. The van der Waals surface area contributed by atoms with Gasteiger partial charge in [-0.25, -0.2) is 13.2 Å². The van der Waals surface area contributed by atoms with E-state index in [1.54, 1.807) is 10.9 Å². The Bertz CT molecular complexity index is 543. The highest BCUT2D eigenvalue weighted by molar-refractivity contribution is 5.19. The van der Waals surface area contributed by atoms with Gasteiger partial charge in [0.2, 0.25) is 0 Å². The first kappa shape index (κ1) is 13.6. The van der Waals surface area contributed by atoms with Gasteiger partial charge in [0, 0.05) is 19.8 Å². The summed E-state index contributed by atoms with van der Waals surface area (Å²) in [6.45, 7) is 0.931. The number of benzene rings is 1. The van der Waals surface area contributed by atoms with E-state index in [9.17, 15) is 13.2 Å². The number of halogens is 3. The maximum absolute atomic E-state index is 13.0. The van der Waals surface area contributed by atoms with Crippen molar-refractivity contribution in [3.63, 3.8) is 0 Å². The quantitative estimate of drug-likeness (QED) is 0.666. The monoisotopic (exact) mass is 269 g/mol. The average molecular weight is 269 g/mol. The van der Waals surface area contributed by atoms with Crippen LogP contribution in [0, 0.1) is 17.5 Å². The first-order valence-electron chi connectivity index (χ1n) is 5.88. The minimum Gasteiger partial charge on any atom is -0.312 e. The number of hydrogen-bond acceptors (Lipinski definition) is 2. The molecule has 0 fully saturated rings. The second-order valence-corrected chi connectivity index (χ2v) is 4.32. The molecule has 1 aromatic carbocycles. The van der Waals surface area contributed by atoms with Crippen LogP contribution in [0.3, 0.4) is 0 Å². The van der Waals surface area contributed by atoms with Gasteiger partial charge >= 0.3 is 0 Å². The fraction of sp³-hybridized carbons (Fsp3) is 0.308. The molecule has 19 heavy (non-hydrogen) atoms. The van der Waals surface area contributed by atoms with Gasteiger partial charge in [0.05, 0.1) is 6.20 Å². The number of hydrogen-bond donors (Lipinski definition) is 1. The van der Waals surface area contributed by atoms with Gasteiger partial charge in [0.15, 0.2) is 17.5 Å². The molecular weight excluding hydrogens is 255 g/mol. The maximum Gasteiger partial charge on any atom is 0.194 e. The molecule has 0 radical (unpaired) electrons. The van der Waals surface area contributed by atoms with Gasteiger partial charge < -0.3 is 5.32 Å². The lowest BCUT2D eigenvalue weighted by molar-refractivity contribution is 0.444. The zero-order valence-electron chi connectivity index (χ0n) is 10.5. The van der Waals surface area contributed by atoms with Crippen LogP contribution in [0.5, 0.6) is 0 Å². The minimum atomic E-state index is -1.43. The molecule has 0 spiro atoms. The molecule has 1 N–H and O–H groups in total. The van der Waals surface area contributed by atoms with Crippen molar-refractivity contribution in [3.05, 3.63) is 53.1 Å². The van der Waals surface area contributed by atoms with E-state index in [-0.39, 0.29) is 6.54 Å². The Hall–Kier alpha value is -1.82. The van der Waals surface area contributed by atoms with Crippen molar-refractivity contribution < 1.29 is 13.2 Å². The van der Waals surface area contributed by atoms with Gasteiger partial charge in [-0.15, -0.1) is 0 Å². The topological polar surface area (TPSA) is 29.9 Å². The van der Waals surface area contributed by atoms with Crippen molar-refractivity contribution in [1.29, 1.82) is 0 Å². The summed E-state index contributed by atoms with van der Waals surface area (Å²) >= 11 is 0. The van der Waals surface area contributed by atoms with Gasteiger partial charge in [0.25, 0.3) is 0 Å². The summed E-state index contributed by atoms with van der Waals surface area (Å²) in [5.41, 5.74) is 1.45. The molecule has 0 aliphatic rings. The summed E-state index contributed by atoms with van der Waals surface area (Å²) in [4.78, 5) is 0. The SMILES string of the molecule is Cn1cc(CCNCc2cc(F)c(F)c(F)c2)cn1. The molecule has 3 nitrogen and oxygen atoms in total. The van der Waals surface area contributed by atoms with Crippen LogP contribution >= 0.6 is 0 Å². The standard InChI is InChI=1S/C13H14F3N3/c1-19-8-9(7-18-19)2-3-17-6-10-4-11(14)13(16)12(15)5-10/h4-5,7-8,17H,2-3,6H2,1H3. The third-order valence-corrected chi connectivity index (χ3v) is 2.72. The number of aromatic nitrogens is 2. The Morgan fingerprint density at radius 1 is 1.16 bits per heavy atom. The predicted molar refractivity (Wildman–Crippen MR) is 64.9 cm³/mol. The van der Waals surface area contributed by atoms with Crippen LogP contribution < -0.4 is 5.32 Å². The highest BCUT2D eigenvalue weighted by Gasteiger charge is 2.09. The molecule has 0 saturated heterocycles. The van der Waals surface area contributed by atoms with Crippen molar-refractivity contribution in [1.82, 2.24) is 15.1 Å². The summed E-state index contributed by atoms with van der Waals surface area (Å²) < 4.78 is 40.4. The van der Waals surface area contributed by atoms with Crippen molar-refractivity contribution >= 4 is 0 Å². The van der Waals surface area contributed by atoms with E-state index in [2.05, 4.69) is 10.4 Å². The van der Waals surface area contributed by atoms with E-state index in [4.69, 9.17) is 0 Å². The lowest BCUT2D eigenvalue weighted by Crippen LogP contribution is -2.17. The van der Waals surface area contributed by atoms with Crippen LogP contribution in [0.2, 0.25) is 0 Å².